The lowest BCUT2D eigenvalue weighted by molar-refractivity contribution is -0.886. The van der Waals surface area contributed by atoms with Crippen LogP contribution in [0, 0.1) is 0 Å². The van der Waals surface area contributed by atoms with E-state index in [0.717, 1.165) is 16.2 Å². The van der Waals surface area contributed by atoms with Gasteiger partial charge in [-0.1, -0.05) is 12.1 Å². The fourth-order valence-corrected chi connectivity index (χ4v) is 2.19. The molecule has 0 saturated carbocycles. The molecule has 1 unspecified atom stereocenters. The maximum atomic E-state index is 11.9. The highest BCUT2D eigenvalue weighted by atomic mass is 16.5. The average molecular weight is 317 g/mol. The van der Waals surface area contributed by atoms with Gasteiger partial charge in [-0.05, 0) is 29.8 Å². The summed E-state index contributed by atoms with van der Waals surface area (Å²) >= 11 is 0. The first-order valence-electron chi connectivity index (χ1n) is 7.36. The fraction of sp³-hybridized carbons (Fsp3) is 0.294. The number of rotatable bonds is 7. The van der Waals surface area contributed by atoms with Crippen LogP contribution in [0.25, 0.3) is 0 Å². The van der Waals surface area contributed by atoms with Gasteiger partial charge in [-0.2, -0.15) is 0 Å². The van der Waals surface area contributed by atoms with E-state index in [1.807, 2.05) is 19.2 Å². The molecular weight excluding hydrogens is 296 g/mol. The lowest BCUT2D eigenvalue weighted by Crippen LogP contribution is -3.08. The van der Waals surface area contributed by atoms with Gasteiger partial charge in [0.15, 0.2) is 12.3 Å². The van der Waals surface area contributed by atoms with E-state index in [2.05, 4.69) is 10.1 Å². The minimum absolute atomic E-state index is 0.0360. The maximum Gasteiger partial charge on any atom is 0.337 e. The van der Waals surface area contributed by atoms with Crippen LogP contribution in [0.3, 0.4) is 0 Å². The minimum Gasteiger partial charge on any atom is -0.465 e. The number of nitrogens with one attached hydrogen (secondary N) is 2. The number of furan rings is 1. The van der Waals surface area contributed by atoms with Gasteiger partial charge in [-0.3, -0.25) is 4.79 Å². The van der Waals surface area contributed by atoms with E-state index in [4.69, 9.17) is 4.42 Å². The van der Waals surface area contributed by atoms with E-state index in [0.29, 0.717) is 25.2 Å². The largest absolute Gasteiger partial charge is 0.465 e. The number of benzene rings is 1. The van der Waals surface area contributed by atoms with Gasteiger partial charge in [0.1, 0.15) is 6.54 Å². The van der Waals surface area contributed by atoms with Crippen LogP contribution in [0.4, 0.5) is 0 Å². The second-order valence-electron chi connectivity index (χ2n) is 5.36. The van der Waals surface area contributed by atoms with Crippen molar-refractivity contribution in [2.24, 2.45) is 0 Å². The Morgan fingerprint density at radius 1 is 1.22 bits per heavy atom. The zero-order chi connectivity index (χ0) is 16.7. The van der Waals surface area contributed by atoms with Crippen LogP contribution in [0.15, 0.2) is 47.1 Å². The number of hydrogen-bond donors (Lipinski definition) is 2. The lowest BCUT2D eigenvalue weighted by atomic mass is 10.1. The van der Waals surface area contributed by atoms with Gasteiger partial charge in [0.05, 0.1) is 26.0 Å². The van der Waals surface area contributed by atoms with Crippen LogP contribution in [-0.2, 0) is 22.6 Å². The Kier molecular flexibility index (Phi) is 5.94. The molecule has 1 heterocycles. The number of quaternary nitrogens is 1. The molecule has 0 aliphatic carbocycles. The van der Waals surface area contributed by atoms with E-state index in [9.17, 15) is 9.59 Å². The predicted molar refractivity (Wildman–Crippen MR) is 83.8 cm³/mol. The van der Waals surface area contributed by atoms with Crippen molar-refractivity contribution < 1.29 is 23.6 Å². The zero-order valence-corrected chi connectivity index (χ0v) is 13.3. The van der Waals surface area contributed by atoms with Crippen molar-refractivity contribution in [3.8, 4) is 0 Å². The summed E-state index contributed by atoms with van der Waals surface area (Å²) in [6.07, 6.45) is 1.63. The number of likely N-dealkylation sites (N-methyl/N-ethyl adjacent to an activating group) is 1. The Labute approximate surface area is 135 Å². The van der Waals surface area contributed by atoms with Gasteiger partial charge in [0.2, 0.25) is 0 Å². The monoisotopic (exact) mass is 317 g/mol. The maximum absolute atomic E-state index is 11.9. The number of hydrogen-bond acceptors (Lipinski definition) is 4. The third-order valence-corrected chi connectivity index (χ3v) is 3.38. The van der Waals surface area contributed by atoms with Crippen LogP contribution in [-0.4, -0.2) is 32.6 Å². The van der Waals surface area contributed by atoms with Crippen LogP contribution in [0.5, 0.6) is 0 Å². The van der Waals surface area contributed by atoms with Crippen LogP contribution >= 0.6 is 0 Å². The van der Waals surface area contributed by atoms with Gasteiger partial charge in [-0.25, -0.2) is 4.79 Å². The molecule has 1 atom stereocenters. The first-order valence-corrected chi connectivity index (χ1v) is 7.36. The number of carbonyl (C=O) groups excluding carboxylic acids is 2. The molecule has 0 radical (unpaired) electrons. The number of esters is 1. The second kappa shape index (κ2) is 8.14. The van der Waals surface area contributed by atoms with Crippen molar-refractivity contribution in [2.75, 3.05) is 20.7 Å². The third kappa shape index (κ3) is 5.27. The van der Waals surface area contributed by atoms with Crippen LogP contribution in [0.1, 0.15) is 21.7 Å². The Morgan fingerprint density at radius 3 is 2.57 bits per heavy atom. The van der Waals surface area contributed by atoms with E-state index in [1.54, 1.807) is 30.5 Å². The molecule has 6 nitrogen and oxygen atoms in total. The number of amides is 1. The smallest absolute Gasteiger partial charge is 0.337 e. The van der Waals surface area contributed by atoms with Gasteiger partial charge < -0.3 is 19.4 Å². The molecule has 0 saturated heterocycles. The van der Waals surface area contributed by atoms with Crippen molar-refractivity contribution in [3.05, 3.63) is 59.5 Å². The summed E-state index contributed by atoms with van der Waals surface area (Å²) < 4.78 is 9.91. The van der Waals surface area contributed by atoms with E-state index in [-0.39, 0.29) is 11.9 Å². The SMILES string of the molecule is COC(=O)c1ccc(CNC(=O)C[NH+](C)Cc2ccco2)cc1. The molecule has 122 valence electrons. The highest BCUT2D eigenvalue weighted by molar-refractivity contribution is 5.89. The first kappa shape index (κ1) is 16.8. The van der Waals surface area contributed by atoms with Crippen molar-refractivity contribution in [1.29, 1.82) is 0 Å². The molecule has 6 heteroatoms. The Balaban J connectivity index is 1.76. The summed E-state index contributed by atoms with van der Waals surface area (Å²) in [5.74, 6) is 0.448. The summed E-state index contributed by atoms with van der Waals surface area (Å²) in [7, 11) is 3.28. The molecular formula is C17H21N2O4+. The molecule has 2 aromatic rings. The minimum atomic E-state index is -0.372. The van der Waals surface area contributed by atoms with Crippen LogP contribution in [0.2, 0.25) is 0 Å². The normalized spacial score (nSPS) is 11.7. The zero-order valence-electron chi connectivity index (χ0n) is 13.3. The summed E-state index contributed by atoms with van der Waals surface area (Å²) in [5, 5.41) is 2.87. The quantitative estimate of drug-likeness (QED) is 0.725. The van der Waals surface area contributed by atoms with E-state index in [1.165, 1.54) is 7.11 Å². The fourth-order valence-electron chi connectivity index (χ4n) is 2.19. The van der Waals surface area contributed by atoms with Crippen molar-refractivity contribution in [1.82, 2.24) is 5.32 Å². The number of carbonyl (C=O) groups is 2. The molecule has 0 spiro atoms. The van der Waals surface area contributed by atoms with Gasteiger partial charge in [-0.15, -0.1) is 0 Å². The Bertz CT molecular complexity index is 635. The summed E-state index contributed by atoms with van der Waals surface area (Å²) in [5.41, 5.74) is 1.42. The van der Waals surface area contributed by atoms with Crippen molar-refractivity contribution in [2.45, 2.75) is 13.1 Å². The number of methoxy groups -OCH3 is 1. The molecule has 0 fully saturated rings. The molecule has 0 aliphatic rings. The predicted octanol–water partition coefficient (Wildman–Crippen LogP) is 0.397. The third-order valence-electron chi connectivity index (χ3n) is 3.38. The summed E-state index contributed by atoms with van der Waals surface area (Å²) in [6.45, 7) is 1.45. The average Bonchev–Trinajstić information content (AvgIpc) is 3.05. The van der Waals surface area contributed by atoms with E-state index >= 15 is 0 Å². The molecule has 1 aromatic carbocycles. The van der Waals surface area contributed by atoms with Crippen LogP contribution < -0.4 is 10.2 Å². The van der Waals surface area contributed by atoms with Crippen molar-refractivity contribution in [3.63, 3.8) is 0 Å². The molecule has 0 bridgehead atoms. The van der Waals surface area contributed by atoms with Gasteiger partial charge >= 0.3 is 5.97 Å². The van der Waals surface area contributed by atoms with Crippen molar-refractivity contribution >= 4 is 11.9 Å². The Morgan fingerprint density at radius 2 is 1.96 bits per heavy atom. The molecule has 2 N–H and O–H groups in total. The van der Waals surface area contributed by atoms with E-state index < -0.39 is 0 Å². The lowest BCUT2D eigenvalue weighted by Gasteiger charge is -2.12. The van der Waals surface area contributed by atoms with Gasteiger partial charge in [0, 0.05) is 6.54 Å². The molecule has 2 rings (SSSR count). The summed E-state index contributed by atoms with van der Waals surface area (Å²) in [6, 6.07) is 10.7. The molecule has 1 aromatic heterocycles. The topological polar surface area (TPSA) is 73.0 Å². The second-order valence-corrected chi connectivity index (χ2v) is 5.36. The summed E-state index contributed by atoms with van der Waals surface area (Å²) in [4.78, 5) is 24.3. The molecule has 0 aliphatic heterocycles. The molecule has 23 heavy (non-hydrogen) atoms. The molecule has 1 amide bonds. The standard InChI is InChI=1S/C17H20N2O4/c1-19(11-15-4-3-9-23-15)12-16(20)18-10-13-5-7-14(8-6-13)17(21)22-2/h3-9H,10-12H2,1-2H3,(H,18,20)/p+1. The highest BCUT2D eigenvalue weighted by Gasteiger charge is 2.12. The number of ether oxygens (including phenoxy) is 1. The Hall–Kier alpha value is -2.60. The highest BCUT2D eigenvalue weighted by Crippen LogP contribution is 2.05. The first-order chi connectivity index (χ1) is 11.1. The van der Waals surface area contributed by atoms with Gasteiger partial charge in [0.25, 0.3) is 5.91 Å².